The van der Waals surface area contributed by atoms with E-state index >= 15 is 0 Å². The summed E-state index contributed by atoms with van der Waals surface area (Å²) < 4.78 is 10.4. The summed E-state index contributed by atoms with van der Waals surface area (Å²) in [6.07, 6.45) is 2.74. The van der Waals surface area contributed by atoms with Crippen molar-refractivity contribution in [1.82, 2.24) is 5.32 Å². The lowest BCUT2D eigenvalue weighted by atomic mass is 9.81. The number of aliphatic hydroxyl groups excluding tert-OH is 1. The number of nitrogens with one attached hydrogen (secondary N) is 1. The first-order chi connectivity index (χ1) is 10.7. The predicted molar refractivity (Wildman–Crippen MR) is 83.9 cm³/mol. The number of aryl methyl sites for hydroxylation is 1. The van der Waals surface area contributed by atoms with Crippen molar-refractivity contribution in [1.29, 1.82) is 0 Å². The average Bonchev–Trinajstić information content (AvgIpc) is 2.59. The summed E-state index contributed by atoms with van der Waals surface area (Å²) in [5, 5.41) is 12.6. The van der Waals surface area contributed by atoms with Gasteiger partial charge < -0.3 is 19.9 Å². The molecule has 1 aliphatic rings. The third-order valence-corrected chi connectivity index (χ3v) is 4.35. The van der Waals surface area contributed by atoms with Gasteiger partial charge in [-0.3, -0.25) is 4.79 Å². The van der Waals surface area contributed by atoms with Crippen molar-refractivity contribution in [3.8, 4) is 5.75 Å². The lowest BCUT2D eigenvalue weighted by Crippen LogP contribution is -2.43. The van der Waals surface area contributed by atoms with Crippen molar-refractivity contribution < 1.29 is 19.4 Å². The van der Waals surface area contributed by atoms with Gasteiger partial charge in [0, 0.05) is 31.6 Å². The summed E-state index contributed by atoms with van der Waals surface area (Å²) in [6.45, 7) is 1.92. The van der Waals surface area contributed by atoms with E-state index in [9.17, 15) is 9.90 Å². The molecule has 1 amide bonds. The highest BCUT2D eigenvalue weighted by Gasteiger charge is 2.32. The SMILES string of the molecule is COc1ccc(CCC(=O)NCC2(CO)CCOCC2)cc1. The summed E-state index contributed by atoms with van der Waals surface area (Å²) in [7, 11) is 1.63. The zero-order chi connectivity index (χ0) is 15.8. The lowest BCUT2D eigenvalue weighted by Gasteiger charge is -2.35. The molecule has 0 aliphatic carbocycles. The Kier molecular flexibility index (Phi) is 6.21. The molecule has 0 saturated carbocycles. The highest BCUT2D eigenvalue weighted by Crippen LogP contribution is 2.28. The molecule has 1 aliphatic heterocycles. The van der Waals surface area contributed by atoms with Crippen LogP contribution in [0.25, 0.3) is 0 Å². The Labute approximate surface area is 131 Å². The average molecular weight is 307 g/mol. The molecule has 5 heteroatoms. The van der Waals surface area contributed by atoms with Gasteiger partial charge in [-0.05, 0) is 37.0 Å². The molecule has 2 rings (SSSR count). The molecule has 2 N–H and O–H groups in total. The van der Waals surface area contributed by atoms with E-state index in [1.807, 2.05) is 24.3 Å². The summed E-state index contributed by atoms with van der Waals surface area (Å²) >= 11 is 0. The van der Waals surface area contributed by atoms with Gasteiger partial charge in [-0.25, -0.2) is 0 Å². The maximum atomic E-state index is 12.0. The van der Waals surface area contributed by atoms with E-state index in [2.05, 4.69) is 5.32 Å². The van der Waals surface area contributed by atoms with Gasteiger partial charge in [-0.2, -0.15) is 0 Å². The monoisotopic (exact) mass is 307 g/mol. The predicted octanol–water partition coefficient (Wildman–Crippen LogP) is 1.53. The van der Waals surface area contributed by atoms with E-state index in [0.717, 1.165) is 24.2 Å². The van der Waals surface area contributed by atoms with Crippen LogP contribution in [-0.2, 0) is 16.0 Å². The minimum Gasteiger partial charge on any atom is -0.497 e. The Morgan fingerprint density at radius 1 is 1.32 bits per heavy atom. The van der Waals surface area contributed by atoms with Crippen LogP contribution < -0.4 is 10.1 Å². The number of aliphatic hydroxyl groups is 1. The van der Waals surface area contributed by atoms with Crippen molar-refractivity contribution in [2.75, 3.05) is 33.5 Å². The van der Waals surface area contributed by atoms with Crippen LogP contribution >= 0.6 is 0 Å². The van der Waals surface area contributed by atoms with Crippen LogP contribution in [0.4, 0.5) is 0 Å². The maximum Gasteiger partial charge on any atom is 0.220 e. The van der Waals surface area contributed by atoms with Gasteiger partial charge in [0.1, 0.15) is 5.75 Å². The number of ether oxygens (including phenoxy) is 2. The second-order valence-electron chi connectivity index (χ2n) is 5.90. The smallest absolute Gasteiger partial charge is 0.220 e. The number of carbonyl (C=O) groups excluding carboxylic acids is 1. The van der Waals surface area contributed by atoms with Gasteiger partial charge in [-0.15, -0.1) is 0 Å². The summed E-state index contributed by atoms with van der Waals surface area (Å²) in [5.74, 6) is 0.841. The number of carbonyl (C=O) groups is 1. The van der Waals surface area contributed by atoms with E-state index in [1.165, 1.54) is 0 Å². The van der Waals surface area contributed by atoms with Crippen LogP contribution in [0.15, 0.2) is 24.3 Å². The molecule has 1 aromatic rings. The van der Waals surface area contributed by atoms with Crippen LogP contribution in [-0.4, -0.2) is 44.5 Å². The van der Waals surface area contributed by atoms with Crippen molar-refractivity contribution >= 4 is 5.91 Å². The zero-order valence-corrected chi connectivity index (χ0v) is 13.1. The lowest BCUT2D eigenvalue weighted by molar-refractivity contribution is -0.122. The van der Waals surface area contributed by atoms with Gasteiger partial charge in [0.15, 0.2) is 0 Å². The summed E-state index contributed by atoms with van der Waals surface area (Å²) in [4.78, 5) is 12.0. The van der Waals surface area contributed by atoms with Gasteiger partial charge in [0.2, 0.25) is 5.91 Å². The van der Waals surface area contributed by atoms with Crippen LogP contribution in [0, 0.1) is 5.41 Å². The van der Waals surface area contributed by atoms with Crippen LogP contribution in [0.5, 0.6) is 5.75 Å². The van der Waals surface area contributed by atoms with E-state index in [-0.39, 0.29) is 17.9 Å². The third kappa shape index (κ3) is 4.71. The van der Waals surface area contributed by atoms with E-state index < -0.39 is 0 Å². The first-order valence-corrected chi connectivity index (χ1v) is 7.76. The standard InChI is InChI=1S/C17H25NO4/c1-21-15-5-2-14(3-6-15)4-7-16(20)18-12-17(13-19)8-10-22-11-9-17/h2-3,5-6,19H,4,7-13H2,1H3,(H,18,20). The topological polar surface area (TPSA) is 67.8 Å². The zero-order valence-electron chi connectivity index (χ0n) is 13.1. The molecule has 0 unspecified atom stereocenters. The summed E-state index contributed by atoms with van der Waals surface area (Å²) in [6, 6.07) is 7.74. The molecular weight excluding hydrogens is 282 g/mol. The number of amides is 1. The molecule has 5 nitrogen and oxygen atoms in total. The number of methoxy groups -OCH3 is 1. The first-order valence-electron chi connectivity index (χ1n) is 7.76. The molecule has 1 aromatic carbocycles. The van der Waals surface area contributed by atoms with E-state index in [1.54, 1.807) is 7.11 Å². The maximum absolute atomic E-state index is 12.0. The second kappa shape index (κ2) is 8.15. The van der Waals surface area contributed by atoms with Gasteiger partial charge in [-0.1, -0.05) is 12.1 Å². The van der Waals surface area contributed by atoms with Crippen molar-refractivity contribution in [2.45, 2.75) is 25.7 Å². The number of rotatable bonds is 7. The van der Waals surface area contributed by atoms with Gasteiger partial charge in [0.05, 0.1) is 13.7 Å². The molecule has 22 heavy (non-hydrogen) atoms. The van der Waals surface area contributed by atoms with E-state index in [4.69, 9.17) is 9.47 Å². The fourth-order valence-corrected chi connectivity index (χ4v) is 2.62. The largest absolute Gasteiger partial charge is 0.497 e. The Bertz CT molecular complexity index is 466. The van der Waals surface area contributed by atoms with Crippen LogP contribution in [0.3, 0.4) is 0 Å². The minimum absolute atomic E-state index is 0.0233. The molecule has 0 spiro atoms. The molecule has 1 heterocycles. The van der Waals surface area contributed by atoms with Crippen LogP contribution in [0.2, 0.25) is 0 Å². The molecule has 0 radical (unpaired) electrons. The Morgan fingerprint density at radius 2 is 2.00 bits per heavy atom. The van der Waals surface area contributed by atoms with Crippen molar-refractivity contribution in [3.05, 3.63) is 29.8 Å². The highest BCUT2D eigenvalue weighted by molar-refractivity contribution is 5.76. The quantitative estimate of drug-likeness (QED) is 0.802. The Hall–Kier alpha value is -1.59. The van der Waals surface area contributed by atoms with Gasteiger partial charge >= 0.3 is 0 Å². The fourth-order valence-electron chi connectivity index (χ4n) is 2.62. The molecule has 0 bridgehead atoms. The minimum atomic E-state index is -0.214. The van der Waals surface area contributed by atoms with Crippen molar-refractivity contribution in [3.63, 3.8) is 0 Å². The highest BCUT2D eigenvalue weighted by atomic mass is 16.5. The Morgan fingerprint density at radius 3 is 2.59 bits per heavy atom. The number of hydrogen-bond donors (Lipinski definition) is 2. The van der Waals surface area contributed by atoms with Gasteiger partial charge in [0.25, 0.3) is 0 Å². The normalized spacial score (nSPS) is 17.0. The Balaban J connectivity index is 1.75. The molecule has 122 valence electrons. The number of benzene rings is 1. The molecular formula is C17H25NO4. The molecule has 1 fully saturated rings. The molecule has 0 aromatic heterocycles. The third-order valence-electron chi connectivity index (χ3n) is 4.35. The fraction of sp³-hybridized carbons (Fsp3) is 0.588. The van der Waals surface area contributed by atoms with Crippen LogP contribution in [0.1, 0.15) is 24.8 Å². The number of hydrogen-bond acceptors (Lipinski definition) is 4. The van der Waals surface area contributed by atoms with Crippen molar-refractivity contribution in [2.24, 2.45) is 5.41 Å². The second-order valence-corrected chi connectivity index (χ2v) is 5.90. The van der Waals surface area contributed by atoms with E-state index in [0.29, 0.717) is 32.6 Å². The summed E-state index contributed by atoms with van der Waals surface area (Å²) in [5.41, 5.74) is 0.896. The molecule has 1 saturated heterocycles. The molecule has 0 atom stereocenters. The first kappa shape index (κ1) is 16.8.